The second-order valence-electron chi connectivity index (χ2n) is 9.02. The Hall–Kier alpha value is -3.84. The molecular formula is C24H27N9O. The molecule has 174 valence electrons. The Balaban J connectivity index is 1.45. The minimum Gasteiger partial charge on any atom is -0.349 e. The van der Waals surface area contributed by atoms with E-state index in [2.05, 4.69) is 68.8 Å². The number of rotatable bonds is 4. The SMILES string of the molecule is CC(c1ccc2nccnc2c1)N1C[C@H](C)N(c2nc(=O)n(C)c3cn(CC#N)nc23)C[C@H]1C. The van der Waals surface area contributed by atoms with Gasteiger partial charge in [0.15, 0.2) is 11.3 Å². The molecule has 0 amide bonds. The maximum atomic E-state index is 12.6. The van der Waals surface area contributed by atoms with Crippen molar-refractivity contribution in [3.8, 4) is 6.07 Å². The number of anilines is 1. The molecule has 1 saturated heterocycles. The Kier molecular flexibility index (Phi) is 5.49. The van der Waals surface area contributed by atoms with E-state index in [-0.39, 0.29) is 30.4 Å². The van der Waals surface area contributed by atoms with E-state index in [9.17, 15) is 4.79 Å². The summed E-state index contributed by atoms with van der Waals surface area (Å²) in [5.74, 6) is 0.586. The van der Waals surface area contributed by atoms with Crippen molar-refractivity contribution in [3.63, 3.8) is 0 Å². The van der Waals surface area contributed by atoms with E-state index >= 15 is 0 Å². The first kappa shape index (κ1) is 22.0. The van der Waals surface area contributed by atoms with E-state index in [0.717, 1.165) is 17.6 Å². The Morgan fingerprint density at radius 3 is 2.68 bits per heavy atom. The molecule has 5 rings (SSSR count). The summed E-state index contributed by atoms with van der Waals surface area (Å²) < 4.78 is 3.04. The highest BCUT2D eigenvalue weighted by atomic mass is 16.1. The molecule has 1 aliphatic heterocycles. The van der Waals surface area contributed by atoms with Crippen LogP contribution in [0.5, 0.6) is 0 Å². The average Bonchev–Trinajstić information content (AvgIpc) is 3.26. The number of piperazine rings is 1. The van der Waals surface area contributed by atoms with Gasteiger partial charge >= 0.3 is 5.69 Å². The first-order valence-corrected chi connectivity index (χ1v) is 11.4. The van der Waals surface area contributed by atoms with Crippen LogP contribution in [0.25, 0.3) is 22.1 Å². The third-order valence-corrected chi connectivity index (χ3v) is 6.82. The molecule has 0 aliphatic carbocycles. The van der Waals surface area contributed by atoms with Crippen molar-refractivity contribution in [1.82, 2.24) is 34.2 Å². The van der Waals surface area contributed by atoms with Crippen molar-refractivity contribution < 1.29 is 0 Å². The van der Waals surface area contributed by atoms with Crippen LogP contribution in [0.15, 0.2) is 41.6 Å². The highest BCUT2D eigenvalue weighted by molar-refractivity contribution is 5.85. The largest absolute Gasteiger partial charge is 0.349 e. The van der Waals surface area contributed by atoms with Crippen molar-refractivity contribution in [3.05, 3.63) is 52.8 Å². The van der Waals surface area contributed by atoms with Gasteiger partial charge in [-0.25, -0.2) is 4.79 Å². The lowest BCUT2D eigenvalue weighted by Crippen LogP contribution is -2.57. The highest BCUT2D eigenvalue weighted by Gasteiger charge is 2.34. The Labute approximate surface area is 197 Å². The third kappa shape index (κ3) is 3.68. The summed E-state index contributed by atoms with van der Waals surface area (Å²) in [4.78, 5) is 30.5. The van der Waals surface area contributed by atoms with Crippen molar-refractivity contribution in [1.29, 1.82) is 5.26 Å². The third-order valence-electron chi connectivity index (χ3n) is 6.82. The molecule has 1 unspecified atom stereocenters. The van der Waals surface area contributed by atoms with Crippen LogP contribution in [0, 0.1) is 11.3 Å². The Morgan fingerprint density at radius 2 is 1.91 bits per heavy atom. The summed E-state index contributed by atoms with van der Waals surface area (Å²) in [6.07, 6.45) is 5.16. The van der Waals surface area contributed by atoms with Gasteiger partial charge in [-0.3, -0.25) is 24.1 Å². The van der Waals surface area contributed by atoms with Crippen LogP contribution in [0.2, 0.25) is 0 Å². The molecule has 3 atom stereocenters. The molecular weight excluding hydrogens is 430 g/mol. The lowest BCUT2D eigenvalue weighted by Gasteiger charge is -2.47. The van der Waals surface area contributed by atoms with Gasteiger partial charge in [0, 0.05) is 50.7 Å². The van der Waals surface area contributed by atoms with Gasteiger partial charge in [-0.05, 0) is 38.5 Å². The molecule has 34 heavy (non-hydrogen) atoms. The summed E-state index contributed by atoms with van der Waals surface area (Å²) in [5.41, 5.74) is 3.98. The fourth-order valence-corrected chi connectivity index (χ4v) is 4.91. The predicted octanol–water partition coefficient (Wildman–Crippen LogP) is 2.26. The maximum Gasteiger partial charge on any atom is 0.349 e. The van der Waals surface area contributed by atoms with Gasteiger partial charge in [0.05, 0.1) is 28.8 Å². The van der Waals surface area contributed by atoms with Gasteiger partial charge in [0.25, 0.3) is 0 Å². The van der Waals surface area contributed by atoms with Gasteiger partial charge in [0.1, 0.15) is 6.54 Å². The molecule has 10 heteroatoms. The molecule has 1 aromatic carbocycles. The van der Waals surface area contributed by atoms with Gasteiger partial charge < -0.3 is 4.90 Å². The maximum absolute atomic E-state index is 12.6. The zero-order chi connectivity index (χ0) is 24.0. The van der Waals surface area contributed by atoms with Crippen LogP contribution in [-0.2, 0) is 13.6 Å². The molecule has 0 N–H and O–H groups in total. The molecule has 1 aliphatic rings. The van der Waals surface area contributed by atoms with Crippen LogP contribution < -0.4 is 10.6 Å². The van der Waals surface area contributed by atoms with Crippen molar-refractivity contribution in [2.45, 2.75) is 45.4 Å². The molecule has 3 aromatic heterocycles. The van der Waals surface area contributed by atoms with E-state index in [1.165, 1.54) is 10.1 Å². The van der Waals surface area contributed by atoms with Crippen molar-refractivity contribution in [2.24, 2.45) is 7.05 Å². The highest BCUT2D eigenvalue weighted by Crippen LogP contribution is 2.32. The van der Waals surface area contributed by atoms with E-state index in [4.69, 9.17) is 5.26 Å². The van der Waals surface area contributed by atoms with Gasteiger partial charge in [-0.2, -0.15) is 15.3 Å². The minimum absolute atomic E-state index is 0.114. The van der Waals surface area contributed by atoms with E-state index in [1.807, 2.05) is 6.07 Å². The lowest BCUT2D eigenvalue weighted by molar-refractivity contribution is 0.119. The smallest absolute Gasteiger partial charge is 0.349 e. The summed E-state index contributed by atoms with van der Waals surface area (Å²) in [6.45, 7) is 8.19. The van der Waals surface area contributed by atoms with Crippen LogP contribution in [-0.4, -0.2) is 59.4 Å². The number of aryl methyl sites for hydroxylation is 1. The normalized spacial score (nSPS) is 20.0. The summed E-state index contributed by atoms with van der Waals surface area (Å²) in [7, 11) is 1.68. The van der Waals surface area contributed by atoms with E-state index < -0.39 is 0 Å². The number of hydrogen-bond donors (Lipinski definition) is 0. The van der Waals surface area contributed by atoms with Crippen LogP contribution in [0.3, 0.4) is 0 Å². The average molecular weight is 458 g/mol. The number of nitrogens with zero attached hydrogens (tertiary/aromatic N) is 9. The van der Waals surface area contributed by atoms with Crippen LogP contribution in [0.4, 0.5) is 5.82 Å². The first-order valence-electron chi connectivity index (χ1n) is 11.4. The van der Waals surface area contributed by atoms with Gasteiger partial charge in [-0.15, -0.1) is 0 Å². The fourth-order valence-electron chi connectivity index (χ4n) is 4.91. The number of benzene rings is 1. The molecule has 10 nitrogen and oxygen atoms in total. The molecule has 0 bridgehead atoms. The molecule has 0 spiro atoms. The monoisotopic (exact) mass is 457 g/mol. The summed E-state index contributed by atoms with van der Waals surface area (Å²) in [6, 6.07) is 8.89. The lowest BCUT2D eigenvalue weighted by atomic mass is 10.00. The minimum atomic E-state index is -0.327. The standard InChI is InChI=1S/C24H27N9O/c1-15-13-33(23-22-21(30(4)24(34)28-23)14-31(29-22)10-7-25)16(2)12-32(15)17(3)18-5-6-19-20(11-18)27-9-8-26-19/h5-6,8-9,11,14-17H,10,12-13H2,1-4H3/t15-,16+,17?/m1/s1. The molecule has 1 fully saturated rings. The van der Waals surface area contributed by atoms with E-state index in [0.29, 0.717) is 23.4 Å². The number of aromatic nitrogens is 6. The molecule has 0 saturated carbocycles. The summed E-state index contributed by atoms with van der Waals surface area (Å²) in [5, 5.41) is 13.7. The van der Waals surface area contributed by atoms with Gasteiger partial charge in [-0.1, -0.05) is 6.07 Å². The van der Waals surface area contributed by atoms with Crippen LogP contribution in [0.1, 0.15) is 32.4 Å². The van der Waals surface area contributed by atoms with Gasteiger partial charge in [0.2, 0.25) is 0 Å². The molecule has 4 heterocycles. The zero-order valence-corrected chi connectivity index (χ0v) is 19.8. The first-order chi connectivity index (χ1) is 16.4. The zero-order valence-electron chi connectivity index (χ0n) is 19.8. The summed E-state index contributed by atoms with van der Waals surface area (Å²) >= 11 is 0. The molecule has 4 aromatic rings. The Bertz CT molecular complexity index is 1470. The number of fused-ring (bicyclic) bond motifs is 2. The van der Waals surface area contributed by atoms with E-state index in [1.54, 1.807) is 30.3 Å². The number of nitriles is 1. The van der Waals surface area contributed by atoms with Crippen LogP contribution >= 0.6 is 0 Å². The van der Waals surface area contributed by atoms with Crippen molar-refractivity contribution >= 4 is 27.9 Å². The fraction of sp³-hybridized carbons (Fsp3) is 0.417. The quantitative estimate of drug-likeness (QED) is 0.459. The van der Waals surface area contributed by atoms with Crippen molar-refractivity contribution in [2.75, 3.05) is 18.0 Å². The second kappa shape index (κ2) is 8.50. The Morgan fingerprint density at radius 1 is 1.15 bits per heavy atom. The molecule has 0 radical (unpaired) electrons. The predicted molar refractivity (Wildman–Crippen MR) is 129 cm³/mol. The number of hydrogen-bond acceptors (Lipinski definition) is 8. The topological polar surface area (TPSA) is 109 Å². The second-order valence-corrected chi connectivity index (χ2v) is 9.02.